The van der Waals surface area contributed by atoms with E-state index in [9.17, 15) is 5.11 Å². The van der Waals surface area contributed by atoms with Gasteiger partial charge in [0.05, 0.1) is 12.8 Å². The molecule has 0 radical (unpaired) electrons. The third kappa shape index (κ3) is 7.28. The smallest absolute Gasteiger partial charge is 0.191 e. The van der Waals surface area contributed by atoms with Crippen molar-refractivity contribution in [1.29, 1.82) is 0 Å². The van der Waals surface area contributed by atoms with Crippen LogP contribution in [0.3, 0.4) is 0 Å². The van der Waals surface area contributed by atoms with Gasteiger partial charge in [-0.25, -0.2) is 4.99 Å². The Kier molecular flexibility index (Phi) is 10.1. The van der Waals surface area contributed by atoms with Crippen LogP contribution in [0.2, 0.25) is 0 Å². The second-order valence-corrected chi connectivity index (χ2v) is 7.87. The highest BCUT2D eigenvalue weighted by atomic mass is 127. The van der Waals surface area contributed by atoms with Crippen molar-refractivity contribution in [3.63, 3.8) is 0 Å². The summed E-state index contributed by atoms with van der Waals surface area (Å²) in [5.41, 5.74) is -0.147. The summed E-state index contributed by atoms with van der Waals surface area (Å²) < 4.78 is 5.41. The number of aliphatic hydroxyl groups is 1. The average molecular weight is 526 g/mol. The molecule has 1 aromatic carbocycles. The average Bonchev–Trinajstić information content (AvgIpc) is 3.42. The zero-order valence-electron chi connectivity index (χ0n) is 18.0. The van der Waals surface area contributed by atoms with Crippen molar-refractivity contribution in [3.8, 4) is 0 Å². The number of nitrogens with zero attached hydrogens (tertiary/aromatic N) is 2. The molecule has 2 aromatic rings. The fraction of sp³-hybridized carbons (Fsp3) is 0.522. The molecule has 0 saturated carbocycles. The van der Waals surface area contributed by atoms with Crippen molar-refractivity contribution < 1.29 is 9.52 Å². The lowest BCUT2D eigenvalue weighted by Crippen LogP contribution is -2.46. The largest absolute Gasteiger partial charge is 0.469 e. The molecule has 0 spiro atoms. The third-order valence-electron chi connectivity index (χ3n) is 5.60. The van der Waals surface area contributed by atoms with E-state index in [1.165, 1.54) is 19.4 Å². The van der Waals surface area contributed by atoms with Crippen LogP contribution in [0.1, 0.15) is 38.0 Å². The molecule has 1 fully saturated rings. The Morgan fingerprint density at radius 1 is 1.23 bits per heavy atom. The summed E-state index contributed by atoms with van der Waals surface area (Å²) in [6.07, 6.45) is 4.94. The van der Waals surface area contributed by atoms with E-state index in [2.05, 4.69) is 22.5 Å². The quantitative estimate of drug-likeness (QED) is 0.266. The first-order valence-electron chi connectivity index (χ1n) is 10.6. The SMILES string of the molecule is CCN1CCCC1CNC(=NCC(C)(O)c1ccccc1)NCCc1ccco1.I. The van der Waals surface area contributed by atoms with Crippen LogP contribution in [0.5, 0.6) is 0 Å². The standard InChI is InChI=1S/C23H34N4O2.HI/c1-3-27-15-7-11-20(27)17-25-22(24-14-13-21-12-8-16-29-21)26-18-23(2,28)19-9-5-4-6-10-19;/h4-6,8-10,12,16,20,28H,3,7,11,13-15,17-18H2,1-2H3,(H2,24,25,26);1H. The predicted molar refractivity (Wildman–Crippen MR) is 132 cm³/mol. The Labute approximate surface area is 197 Å². The van der Waals surface area contributed by atoms with Crippen molar-refractivity contribution >= 4 is 29.9 Å². The number of aliphatic imine (C=N–C) groups is 1. The summed E-state index contributed by atoms with van der Waals surface area (Å²) in [5.74, 6) is 1.68. The Bertz CT molecular complexity index is 750. The van der Waals surface area contributed by atoms with Crippen LogP contribution in [-0.2, 0) is 12.0 Å². The van der Waals surface area contributed by atoms with Gasteiger partial charge in [-0.15, -0.1) is 24.0 Å². The molecule has 166 valence electrons. The molecule has 1 aromatic heterocycles. The molecule has 1 aliphatic rings. The van der Waals surface area contributed by atoms with Crippen LogP contribution in [0, 0.1) is 0 Å². The Morgan fingerprint density at radius 3 is 2.73 bits per heavy atom. The molecule has 0 amide bonds. The number of benzene rings is 1. The van der Waals surface area contributed by atoms with E-state index in [0.29, 0.717) is 6.04 Å². The number of likely N-dealkylation sites (N-methyl/N-ethyl adjacent to an activating group) is 1. The van der Waals surface area contributed by atoms with Gasteiger partial charge >= 0.3 is 0 Å². The summed E-state index contributed by atoms with van der Waals surface area (Å²) >= 11 is 0. The van der Waals surface area contributed by atoms with Crippen LogP contribution in [0.4, 0.5) is 0 Å². The highest BCUT2D eigenvalue weighted by molar-refractivity contribution is 14.0. The van der Waals surface area contributed by atoms with Crippen LogP contribution in [0.15, 0.2) is 58.1 Å². The van der Waals surface area contributed by atoms with Gasteiger partial charge in [-0.2, -0.15) is 0 Å². The first kappa shape index (κ1) is 24.7. The van der Waals surface area contributed by atoms with Crippen molar-refractivity contribution in [3.05, 3.63) is 60.1 Å². The van der Waals surface area contributed by atoms with Crippen molar-refractivity contribution in [2.75, 3.05) is 32.7 Å². The van der Waals surface area contributed by atoms with Crippen LogP contribution in [-0.4, -0.2) is 54.7 Å². The van der Waals surface area contributed by atoms with Gasteiger partial charge in [-0.1, -0.05) is 37.3 Å². The predicted octanol–water partition coefficient (Wildman–Crippen LogP) is 3.37. The van der Waals surface area contributed by atoms with E-state index in [1.807, 2.05) is 49.4 Å². The number of hydrogen-bond acceptors (Lipinski definition) is 4. The molecular formula is C23H35IN4O2. The van der Waals surface area contributed by atoms with Gasteiger partial charge in [0.15, 0.2) is 5.96 Å². The monoisotopic (exact) mass is 526 g/mol. The molecule has 2 heterocycles. The van der Waals surface area contributed by atoms with Gasteiger partial charge < -0.3 is 20.2 Å². The Hall–Kier alpha value is -1.58. The number of rotatable bonds is 9. The molecule has 0 bridgehead atoms. The lowest BCUT2D eigenvalue weighted by Gasteiger charge is -2.25. The van der Waals surface area contributed by atoms with Crippen molar-refractivity contribution in [1.82, 2.24) is 15.5 Å². The molecule has 1 aliphatic heterocycles. The van der Waals surface area contributed by atoms with E-state index < -0.39 is 5.60 Å². The number of nitrogens with one attached hydrogen (secondary N) is 2. The van der Waals surface area contributed by atoms with E-state index in [4.69, 9.17) is 9.41 Å². The molecule has 3 rings (SSSR count). The first-order valence-corrected chi connectivity index (χ1v) is 10.6. The minimum atomic E-state index is -1.01. The number of furan rings is 1. The minimum absolute atomic E-state index is 0. The molecule has 6 nitrogen and oxygen atoms in total. The lowest BCUT2D eigenvalue weighted by molar-refractivity contribution is 0.0672. The number of guanidine groups is 1. The maximum absolute atomic E-state index is 10.9. The summed E-state index contributed by atoms with van der Waals surface area (Å²) in [5, 5.41) is 17.8. The Balaban J connectivity index is 0.00000320. The van der Waals surface area contributed by atoms with Crippen LogP contribution in [0.25, 0.3) is 0 Å². The van der Waals surface area contributed by atoms with Crippen LogP contribution < -0.4 is 10.6 Å². The second kappa shape index (κ2) is 12.3. The maximum Gasteiger partial charge on any atom is 0.191 e. The zero-order chi connectivity index (χ0) is 20.5. The second-order valence-electron chi connectivity index (χ2n) is 7.87. The third-order valence-corrected chi connectivity index (χ3v) is 5.60. The maximum atomic E-state index is 10.9. The molecule has 3 N–H and O–H groups in total. The summed E-state index contributed by atoms with van der Waals surface area (Å²) in [6, 6.07) is 14.1. The van der Waals surface area contributed by atoms with Crippen LogP contribution >= 0.6 is 24.0 Å². The summed E-state index contributed by atoms with van der Waals surface area (Å²) in [6.45, 7) is 8.13. The Morgan fingerprint density at radius 2 is 2.03 bits per heavy atom. The highest BCUT2D eigenvalue weighted by Crippen LogP contribution is 2.20. The number of halogens is 1. The van der Waals surface area contributed by atoms with Gasteiger partial charge in [0.25, 0.3) is 0 Å². The van der Waals surface area contributed by atoms with E-state index in [-0.39, 0.29) is 30.5 Å². The van der Waals surface area contributed by atoms with E-state index in [1.54, 1.807) is 6.26 Å². The fourth-order valence-electron chi connectivity index (χ4n) is 3.81. The molecular weight excluding hydrogens is 491 g/mol. The van der Waals surface area contributed by atoms with E-state index in [0.717, 1.165) is 43.3 Å². The summed E-state index contributed by atoms with van der Waals surface area (Å²) in [7, 11) is 0. The minimum Gasteiger partial charge on any atom is -0.469 e. The number of hydrogen-bond donors (Lipinski definition) is 3. The lowest BCUT2D eigenvalue weighted by atomic mass is 9.96. The van der Waals surface area contributed by atoms with Crippen molar-refractivity contribution in [2.24, 2.45) is 4.99 Å². The molecule has 2 atom stereocenters. The van der Waals surface area contributed by atoms with Gasteiger partial charge in [-0.05, 0) is 50.6 Å². The fourth-order valence-corrected chi connectivity index (χ4v) is 3.81. The number of likely N-dealkylation sites (tertiary alicyclic amines) is 1. The normalized spacial score (nSPS) is 19.2. The molecule has 0 aliphatic carbocycles. The molecule has 1 saturated heterocycles. The molecule has 7 heteroatoms. The van der Waals surface area contributed by atoms with Gasteiger partial charge in [0, 0.05) is 25.6 Å². The van der Waals surface area contributed by atoms with Crippen molar-refractivity contribution in [2.45, 2.75) is 44.8 Å². The van der Waals surface area contributed by atoms with Gasteiger partial charge in [-0.3, -0.25) is 4.90 Å². The first-order chi connectivity index (χ1) is 14.1. The van der Waals surface area contributed by atoms with Gasteiger partial charge in [0.1, 0.15) is 11.4 Å². The van der Waals surface area contributed by atoms with E-state index >= 15 is 0 Å². The topological polar surface area (TPSA) is 73.0 Å². The summed E-state index contributed by atoms with van der Waals surface area (Å²) in [4.78, 5) is 7.21. The highest BCUT2D eigenvalue weighted by Gasteiger charge is 2.24. The molecule has 2 unspecified atom stereocenters. The molecule has 30 heavy (non-hydrogen) atoms. The van der Waals surface area contributed by atoms with Gasteiger partial charge in [0.2, 0.25) is 0 Å². The zero-order valence-corrected chi connectivity index (χ0v) is 20.3.